The Morgan fingerprint density at radius 2 is 1.96 bits per heavy atom. The van der Waals surface area contributed by atoms with Crippen LogP contribution in [0.1, 0.15) is 17.5 Å². The Labute approximate surface area is 151 Å². The van der Waals surface area contributed by atoms with Crippen molar-refractivity contribution in [3.05, 3.63) is 59.7 Å². The second kappa shape index (κ2) is 7.37. The molecule has 8 heteroatoms. The number of nitrogens with zero attached hydrogens (tertiary/aromatic N) is 4. The number of hydrogen-bond acceptors (Lipinski definition) is 6. The molecule has 3 rings (SSSR count). The Hall–Kier alpha value is -3.18. The molecular weight excluding hydrogens is 352 g/mol. The van der Waals surface area contributed by atoms with E-state index in [4.69, 9.17) is 10.00 Å². The number of hydrazone groups is 1. The van der Waals surface area contributed by atoms with Gasteiger partial charge >= 0.3 is 0 Å². The van der Waals surface area contributed by atoms with Crippen molar-refractivity contribution >= 4 is 22.1 Å². The van der Waals surface area contributed by atoms with Gasteiger partial charge in [-0.25, -0.2) is 5.01 Å². The molecule has 0 aromatic heterocycles. The normalized spacial score (nSPS) is 14.5. The molecule has 0 spiro atoms. The fourth-order valence-corrected chi connectivity index (χ4v) is 3.68. The van der Waals surface area contributed by atoms with Crippen molar-refractivity contribution in [3.8, 4) is 11.8 Å². The smallest absolute Gasteiger partial charge is 0.285 e. The zero-order valence-electron chi connectivity index (χ0n) is 14.0. The molecule has 0 saturated carbocycles. The van der Waals surface area contributed by atoms with Crippen molar-refractivity contribution < 1.29 is 13.2 Å². The maximum Gasteiger partial charge on any atom is 0.285 e. The highest BCUT2D eigenvalue weighted by Crippen LogP contribution is 2.27. The lowest BCUT2D eigenvalue weighted by molar-refractivity contribution is 0.415. The van der Waals surface area contributed by atoms with Gasteiger partial charge in [0.25, 0.3) is 10.0 Å². The highest BCUT2D eigenvalue weighted by atomic mass is 32.2. The highest BCUT2D eigenvalue weighted by molar-refractivity contribution is 7.90. The Morgan fingerprint density at radius 1 is 1.23 bits per heavy atom. The number of fused-ring (bicyclic) bond motifs is 1. The van der Waals surface area contributed by atoms with Crippen molar-refractivity contribution in [1.82, 2.24) is 5.01 Å². The fraction of sp³-hybridized carbons (Fsp3) is 0.167. The summed E-state index contributed by atoms with van der Waals surface area (Å²) in [4.78, 5) is 0.150. The average molecular weight is 368 g/mol. The van der Waals surface area contributed by atoms with Gasteiger partial charge in [-0.1, -0.05) is 12.1 Å². The second-order valence-electron chi connectivity index (χ2n) is 5.44. The van der Waals surface area contributed by atoms with E-state index in [1.807, 2.05) is 18.2 Å². The number of methoxy groups -OCH3 is 1. The van der Waals surface area contributed by atoms with Crippen LogP contribution in [-0.2, 0) is 10.0 Å². The van der Waals surface area contributed by atoms with Crippen LogP contribution in [-0.4, -0.2) is 39.1 Å². The lowest BCUT2D eigenvalue weighted by atomic mass is 10.2. The second-order valence-corrected chi connectivity index (χ2v) is 7.01. The maximum absolute atomic E-state index is 12.2. The molecule has 1 aliphatic rings. The van der Waals surface area contributed by atoms with Crippen molar-refractivity contribution in [1.29, 1.82) is 5.26 Å². The third-order valence-corrected chi connectivity index (χ3v) is 5.08. The molecule has 26 heavy (non-hydrogen) atoms. The summed E-state index contributed by atoms with van der Waals surface area (Å²) in [5.41, 5.74) is 1.29. The van der Waals surface area contributed by atoms with Gasteiger partial charge in [0, 0.05) is 5.56 Å². The van der Waals surface area contributed by atoms with Crippen molar-refractivity contribution in [3.63, 3.8) is 0 Å². The summed E-state index contributed by atoms with van der Waals surface area (Å²) < 4.78 is 33.5. The molecule has 0 aliphatic carbocycles. The standard InChI is InChI=1S/C18H16N4O3S/c1-25-15-9-7-14(8-10-15)13-20-22(12-4-11-19)18-16-5-2-3-6-17(16)26(23,24)21-18/h2-3,5-10,13H,4,12H2,1H3/b20-13+. The van der Waals surface area contributed by atoms with Crippen LogP contribution in [0.15, 0.2) is 62.9 Å². The lowest BCUT2D eigenvalue weighted by Gasteiger charge is -2.17. The molecule has 7 nitrogen and oxygen atoms in total. The largest absolute Gasteiger partial charge is 0.497 e. The number of ether oxygens (including phenoxy) is 1. The molecule has 0 N–H and O–H groups in total. The van der Waals surface area contributed by atoms with E-state index >= 15 is 0 Å². The van der Waals surface area contributed by atoms with Gasteiger partial charge in [-0.2, -0.15) is 18.8 Å². The monoisotopic (exact) mass is 368 g/mol. The van der Waals surface area contributed by atoms with E-state index in [1.54, 1.807) is 43.7 Å². The van der Waals surface area contributed by atoms with Crippen LogP contribution in [0.5, 0.6) is 5.75 Å². The topological polar surface area (TPSA) is 95.1 Å². The minimum atomic E-state index is -3.74. The predicted molar refractivity (Wildman–Crippen MR) is 97.7 cm³/mol. The maximum atomic E-state index is 12.2. The van der Waals surface area contributed by atoms with Gasteiger partial charge in [0.1, 0.15) is 10.6 Å². The molecule has 2 aromatic carbocycles. The van der Waals surface area contributed by atoms with Crippen LogP contribution in [0.25, 0.3) is 0 Å². The van der Waals surface area contributed by atoms with Gasteiger partial charge in [-0.15, -0.1) is 4.40 Å². The minimum Gasteiger partial charge on any atom is -0.497 e. The summed E-state index contributed by atoms with van der Waals surface area (Å²) in [7, 11) is -2.16. The number of sulfonamides is 1. The molecule has 0 saturated heterocycles. The summed E-state index contributed by atoms with van der Waals surface area (Å²) in [5, 5.41) is 14.7. The minimum absolute atomic E-state index is 0.150. The Bertz CT molecular complexity index is 1010. The van der Waals surface area contributed by atoms with Gasteiger partial charge in [0.15, 0.2) is 5.84 Å². The molecule has 0 amide bonds. The highest BCUT2D eigenvalue weighted by Gasteiger charge is 2.31. The first-order chi connectivity index (χ1) is 12.5. The van der Waals surface area contributed by atoms with Gasteiger partial charge in [-0.3, -0.25) is 0 Å². The molecule has 0 atom stereocenters. The number of hydrogen-bond donors (Lipinski definition) is 0. The van der Waals surface area contributed by atoms with Gasteiger partial charge in [0.2, 0.25) is 0 Å². The quantitative estimate of drug-likeness (QED) is 0.596. The van der Waals surface area contributed by atoms with E-state index in [1.165, 1.54) is 11.1 Å². The number of rotatable bonds is 5. The third kappa shape index (κ3) is 3.58. The molecule has 1 heterocycles. The third-order valence-electron chi connectivity index (χ3n) is 3.75. The zero-order valence-corrected chi connectivity index (χ0v) is 14.8. The zero-order chi connectivity index (χ0) is 18.6. The van der Waals surface area contributed by atoms with Crippen LogP contribution in [0.2, 0.25) is 0 Å². The SMILES string of the molecule is COc1ccc(/C=N/N(CCC#N)C2=NS(=O)(=O)c3ccccc32)cc1. The number of nitriles is 1. The Kier molecular flexibility index (Phi) is 5.00. The van der Waals surface area contributed by atoms with Crippen LogP contribution >= 0.6 is 0 Å². The molecule has 0 bridgehead atoms. The van der Waals surface area contributed by atoms with Crippen molar-refractivity contribution in [2.45, 2.75) is 11.3 Å². The molecular formula is C18H16N4O3S. The van der Waals surface area contributed by atoms with Crippen LogP contribution in [0.4, 0.5) is 0 Å². The first-order valence-electron chi connectivity index (χ1n) is 7.82. The Balaban J connectivity index is 1.94. The fourth-order valence-electron chi connectivity index (χ4n) is 2.48. The van der Waals surface area contributed by atoms with E-state index in [0.717, 1.165) is 11.3 Å². The summed E-state index contributed by atoms with van der Waals surface area (Å²) >= 11 is 0. The summed E-state index contributed by atoms with van der Waals surface area (Å²) in [6.07, 6.45) is 1.77. The van der Waals surface area contributed by atoms with Crippen molar-refractivity contribution in [2.75, 3.05) is 13.7 Å². The summed E-state index contributed by atoms with van der Waals surface area (Å²) in [6, 6.07) is 15.9. The molecule has 0 fully saturated rings. The van der Waals surface area contributed by atoms with Crippen LogP contribution in [0.3, 0.4) is 0 Å². The number of amidine groups is 1. The first kappa shape index (κ1) is 17.6. The van der Waals surface area contributed by atoms with Gasteiger partial charge in [-0.05, 0) is 42.0 Å². The number of benzene rings is 2. The van der Waals surface area contributed by atoms with E-state index in [9.17, 15) is 8.42 Å². The average Bonchev–Trinajstić information content (AvgIpc) is 2.94. The summed E-state index contributed by atoms with van der Waals surface area (Å²) in [5.74, 6) is 0.948. The van der Waals surface area contributed by atoms with Gasteiger partial charge < -0.3 is 4.74 Å². The predicted octanol–water partition coefficient (Wildman–Crippen LogP) is 2.39. The van der Waals surface area contributed by atoms with Crippen LogP contribution in [0, 0.1) is 11.3 Å². The van der Waals surface area contributed by atoms with Gasteiger partial charge in [0.05, 0.1) is 32.4 Å². The van der Waals surface area contributed by atoms with E-state index in [0.29, 0.717) is 5.56 Å². The van der Waals surface area contributed by atoms with E-state index in [-0.39, 0.29) is 23.7 Å². The molecule has 132 valence electrons. The lowest BCUT2D eigenvalue weighted by Crippen LogP contribution is -2.27. The first-order valence-corrected chi connectivity index (χ1v) is 9.26. The van der Waals surface area contributed by atoms with E-state index in [2.05, 4.69) is 9.50 Å². The van der Waals surface area contributed by atoms with Crippen molar-refractivity contribution in [2.24, 2.45) is 9.50 Å². The molecule has 2 aromatic rings. The van der Waals surface area contributed by atoms with Crippen LogP contribution < -0.4 is 4.74 Å². The Morgan fingerprint density at radius 3 is 2.65 bits per heavy atom. The molecule has 0 unspecified atom stereocenters. The summed E-state index contributed by atoms with van der Waals surface area (Å²) in [6.45, 7) is 0.228. The van der Waals surface area contributed by atoms with E-state index < -0.39 is 10.0 Å². The molecule has 1 aliphatic heterocycles. The molecule has 0 radical (unpaired) electrons.